The summed E-state index contributed by atoms with van der Waals surface area (Å²) < 4.78 is 0. The van der Waals surface area contributed by atoms with E-state index in [0.717, 1.165) is 16.0 Å². The number of nitrogens with zero attached hydrogens (tertiary/aromatic N) is 4. The summed E-state index contributed by atoms with van der Waals surface area (Å²) in [4.78, 5) is 45.8. The maximum Gasteiger partial charge on any atom is 0.332 e. The Balaban J connectivity index is 1.34. The molecule has 3 aromatic rings. The van der Waals surface area contributed by atoms with Gasteiger partial charge in [-0.15, -0.1) is 0 Å². The summed E-state index contributed by atoms with van der Waals surface area (Å²) >= 11 is 6.34. The molecule has 0 radical (unpaired) electrons. The van der Waals surface area contributed by atoms with Crippen LogP contribution >= 0.6 is 11.6 Å². The molecule has 1 unspecified atom stereocenters. The Morgan fingerprint density at radius 1 is 1.00 bits per heavy atom. The molecule has 3 heterocycles. The van der Waals surface area contributed by atoms with Crippen molar-refractivity contribution in [3.8, 4) is 6.07 Å². The van der Waals surface area contributed by atoms with Crippen molar-refractivity contribution in [1.82, 2.24) is 9.80 Å². The number of piperazine rings is 1. The molecule has 4 amide bonds. The lowest BCUT2D eigenvalue weighted by atomic mass is 9.89. The number of rotatable bonds is 4. The average Bonchev–Trinajstić information content (AvgIpc) is 3.59. The standard InChI is InChI=1S/C29H23ClN4O3/c1-17-22(13-12-20(15-31)25(17)30)34-28(36)26-23-14-21(33(26)29(34)37)16-32(23)27(35)24(18-8-4-2-5-9-18)19-10-6-3-7-11-19/h2-13,21,23-24,26H,14,16H2,1H3/t21-,23?,26-/m1/s1. The van der Waals surface area contributed by atoms with Crippen LogP contribution < -0.4 is 4.90 Å². The van der Waals surface area contributed by atoms with Crippen molar-refractivity contribution in [1.29, 1.82) is 5.26 Å². The largest absolute Gasteiger partial charge is 0.334 e. The summed E-state index contributed by atoms with van der Waals surface area (Å²) in [5.74, 6) is -0.936. The Morgan fingerprint density at radius 2 is 1.62 bits per heavy atom. The van der Waals surface area contributed by atoms with Crippen LogP contribution in [0, 0.1) is 18.3 Å². The Bertz CT molecular complexity index is 1430. The molecule has 3 aliphatic rings. The first-order valence-electron chi connectivity index (χ1n) is 12.2. The normalized spacial score (nSPS) is 22.1. The topological polar surface area (TPSA) is 84.7 Å². The van der Waals surface area contributed by atoms with Crippen LogP contribution in [0.2, 0.25) is 5.02 Å². The molecule has 6 rings (SSSR count). The Hall–Kier alpha value is -4.15. The summed E-state index contributed by atoms with van der Waals surface area (Å²) in [6, 6.07) is 22.6. The molecule has 3 aliphatic heterocycles. The number of fused-ring (bicyclic) bond motifs is 5. The Kier molecular flexibility index (Phi) is 5.50. The van der Waals surface area contributed by atoms with E-state index in [1.807, 2.05) is 66.7 Å². The number of anilines is 1. The zero-order valence-corrected chi connectivity index (χ0v) is 20.8. The van der Waals surface area contributed by atoms with Crippen LogP contribution in [-0.2, 0) is 9.59 Å². The molecule has 3 aromatic carbocycles. The first kappa shape index (κ1) is 23.3. The molecule has 3 fully saturated rings. The number of amides is 4. The van der Waals surface area contributed by atoms with Gasteiger partial charge in [-0.1, -0.05) is 72.3 Å². The first-order valence-corrected chi connectivity index (χ1v) is 12.6. The summed E-state index contributed by atoms with van der Waals surface area (Å²) in [6.45, 7) is 2.08. The highest BCUT2D eigenvalue weighted by atomic mass is 35.5. The third-order valence-electron chi connectivity index (χ3n) is 7.78. The molecular formula is C29H23ClN4O3. The summed E-state index contributed by atoms with van der Waals surface area (Å²) in [7, 11) is 0. The minimum absolute atomic E-state index is 0.0687. The Labute approximate surface area is 219 Å². The quantitative estimate of drug-likeness (QED) is 0.485. The molecule has 0 saturated carbocycles. The lowest BCUT2D eigenvalue weighted by Gasteiger charge is -2.37. The summed E-state index contributed by atoms with van der Waals surface area (Å²) in [5, 5.41) is 9.50. The second-order valence-corrected chi connectivity index (χ2v) is 10.1. The third kappa shape index (κ3) is 3.44. The predicted molar refractivity (Wildman–Crippen MR) is 138 cm³/mol. The molecule has 184 valence electrons. The van der Waals surface area contributed by atoms with Gasteiger partial charge < -0.3 is 9.80 Å². The van der Waals surface area contributed by atoms with Gasteiger partial charge in [0, 0.05) is 6.54 Å². The molecule has 0 N–H and O–H groups in total. The van der Waals surface area contributed by atoms with Crippen LogP contribution in [0.25, 0.3) is 0 Å². The molecule has 0 spiro atoms. The SMILES string of the molecule is Cc1c(N2C(=O)[C@H]3C4C[C@H](CN4C(=O)C(c4ccccc4)c4ccccc4)N3C2=O)ccc(C#N)c1Cl. The van der Waals surface area contributed by atoms with Crippen molar-refractivity contribution < 1.29 is 14.4 Å². The van der Waals surface area contributed by atoms with Gasteiger partial charge in [0.15, 0.2) is 0 Å². The van der Waals surface area contributed by atoms with Gasteiger partial charge in [-0.05, 0) is 42.2 Å². The molecule has 8 heteroatoms. The highest BCUT2D eigenvalue weighted by molar-refractivity contribution is 6.33. The smallest absolute Gasteiger partial charge is 0.332 e. The molecule has 7 nitrogen and oxygen atoms in total. The van der Waals surface area contributed by atoms with Gasteiger partial charge in [0.2, 0.25) is 5.91 Å². The number of hydrogen-bond donors (Lipinski definition) is 0. The van der Waals surface area contributed by atoms with Crippen molar-refractivity contribution in [2.75, 3.05) is 11.4 Å². The number of imide groups is 1. The minimum Gasteiger partial charge on any atom is -0.334 e. The predicted octanol–water partition coefficient (Wildman–Crippen LogP) is 4.47. The van der Waals surface area contributed by atoms with E-state index in [1.165, 1.54) is 6.07 Å². The van der Waals surface area contributed by atoms with Gasteiger partial charge in [-0.3, -0.25) is 9.59 Å². The zero-order chi connectivity index (χ0) is 25.8. The molecule has 2 bridgehead atoms. The number of urea groups is 1. The number of carbonyl (C=O) groups is 3. The number of nitriles is 1. The number of halogens is 1. The maximum absolute atomic E-state index is 14.1. The van der Waals surface area contributed by atoms with E-state index in [4.69, 9.17) is 11.6 Å². The second-order valence-electron chi connectivity index (χ2n) is 9.69. The van der Waals surface area contributed by atoms with E-state index in [-0.39, 0.29) is 28.4 Å². The van der Waals surface area contributed by atoms with Crippen LogP contribution in [0.15, 0.2) is 72.8 Å². The highest BCUT2D eigenvalue weighted by Gasteiger charge is 2.63. The van der Waals surface area contributed by atoms with Gasteiger partial charge >= 0.3 is 6.03 Å². The fourth-order valence-corrected chi connectivity index (χ4v) is 6.27. The number of hydrogen-bond acceptors (Lipinski definition) is 4. The summed E-state index contributed by atoms with van der Waals surface area (Å²) in [5.41, 5.74) is 2.93. The zero-order valence-electron chi connectivity index (χ0n) is 20.0. The van der Waals surface area contributed by atoms with Gasteiger partial charge in [0.25, 0.3) is 5.91 Å². The molecule has 3 atom stereocenters. The average molecular weight is 511 g/mol. The molecule has 37 heavy (non-hydrogen) atoms. The van der Waals surface area contributed by atoms with E-state index in [0.29, 0.717) is 24.2 Å². The lowest BCUT2D eigenvalue weighted by molar-refractivity contribution is -0.136. The van der Waals surface area contributed by atoms with E-state index in [1.54, 1.807) is 22.8 Å². The van der Waals surface area contributed by atoms with E-state index in [2.05, 4.69) is 0 Å². The fraction of sp³-hybridized carbons (Fsp3) is 0.241. The van der Waals surface area contributed by atoms with Gasteiger partial charge in [0.05, 0.1) is 34.3 Å². The van der Waals surface area contributed by atoms with Crippen LogP contribution in [0.5, 0.6) is 0 Å². The molecule has 3 saturated heterocycles. The maximum atomic E-state index is 14.1. The molecular weight excluding hydrogens is 488 g/mol. The number of benzene rings is 3. The number of likely N-dealkylation sites (tertiary alicyclic amines) is 1. The van der Waals surface area contributed by atoms with Crippen LogP contribution in [0.1, 0.15) is 34.6 Å². The highest BCUT2D eigenvalue weighted by Crippen LogP contribution is 2.45. The van der Waals surface area contributed by atoms with Crippen molar-refractivity contribution in [3.05, 3.63) is 100 Å². The minimum atomic E-state index is -0.740. The monoisotopic (exact) mass is 510 g/mol. The third-order valence-corrected chi connectivity index (χ3v) is 8.27. The van der Waals surface area contributed by atoms with E-state index < -0.39 is 24.0 Å². The number of carbonyl (C=O) groups excluding carboxylic acids is 3. The fourth-order valence-electron chi connectivity index (χ4n) is 6.07. The summed E-state index contributed by atoms with van der Waals surface area (Å²) in [6.07, 6.45) is 0.575. The van der Waals surface area contributed by atoms with Crippen molar-refractivity contribution in [2.24, 2.45) is 0 Å². The van der Waals surface area contributed by atoms with Crippen molar-refractivity contribution in [3.63, 3.8) is 0 Å². The van der Waals surface area contributed by atoms with Crippen LogP contribution in [0.4, 0.5) is 10.5 Å². The van der Waals surface area contributed by atoms with Gasteiger partial charge in [-0.25, -0.2) is 9.69 Å². The van der Waals surface area contributed by atoms with Crippen molar-refractivity contribution >= 4 is 35.1 Å². The van der Waals surface area contributed by atoms with E-state index >= 15 is 0 Å². The second kappa shape index (κ2) is 8.75. The van der Waals surface area contributed by atoms with Gasteiger partial charge in [-0.2, -0.15) is 5.26 Å². The van der Waals surface area contributed by atoms with E-state index in [9.17, 15) is 19.6 Å². The van der Waals surface area contributed by atoms with Crippen molar-refractivity contribution in [2.45, 2.75) is 37.4 Å². The molecule has 0 aromatic heterocycles. The lowest BCUT2D eigenvalue weighted by Crippen LogP contribution is -2.55. The molecule has 0 aliphatic carbocycles. The first-order chi connectivity index (χ1) is 17.9. The van der Waals surface area contributed by atoms with Crippen LogP contribution in [0.3, 0.4) is 0 Å². The Morgan fingerprint density at radius 3 is 2.22 bits per heavy atom. The van der Waals surface area contributed by atoms with Crippen LogP contribution in [-0.4, -0.2) is 52.3 Å². The van der Waals surface area contributed by atoms with Gasteiger partial charge in [0.1, 0.15) is 12.1 Å².